The highest BCUT2D eigenvalue weighted by molar-refractivity contribution is 5.93. The lowest BCUT2D eigenvalue weighted by atomic mass is 10.1. The van der Waals surface area contributed by atoms with Crippen LogP contribution in [0.25, 0.3) is 0 Å². The second kappa shape index (κ2) is 6.65. The average Bonchev–Trinajstić information content (AvgIpc) is 2.45. The van der Waals surface area contributed by atoms with Gasteiger partial charge in [0.15, 0.2) is 11.5 Å². The van der Waals surface area contributed by atoms with E-state index >= 15 is 0 Å². The Morgan fingerprint density at radius 3 is 2.62 bits per heavy atom. The Bertz CT molecular complexity index is 640. The molecule has 5 nitrogen and oxygen atoms in total. The van der Waals surface area contributed by atoms with E-state index in [9.17, 15) is 15.0 Å². The summed E-state index contributed by atoms with van der Waals surface area (Å²) < 4.78 is 5.44. The monoisotopic (exact) mass is 287 g/mol. The van der Waals surface area contributed by atoms with Gasteiger partial charge in [0.05, 0.1) is 18.7 Å². The van der Waals surface area contributed by atoms with E-state index in [1.807, 2.05) is 19.1 Å². The molecule has 0 aliphatic carbocycles. The minimum absolute atomic E-state index is 0.0916. The Hall–Kier alpha value is -2.69. The van der Waals surface area contributed by atoms with E-state index < -0.39 is 0 Å². The van der Waals surface area contributed by atoms with E-state index in [2.05, 4.69) is 5.32 Å². The summed E-state index contributed by atoms with van der Waals surface area (Å²) >= 11 is 0. The van der Waals surface area contributed by atoms with Crippen LogP contribution in [0.4, 0.5) is 5.69 Å². The first kappa shape index (κ1) is 14.7. The van der Waals surface area contributed by atoms with Gasteiger partial charge in [0.2, 0.25) is 5.91 Å². The number of para-hydroxylation sites is 2. The molecule has 5 heteroatoms. The van der Waals surface area contributed by atoms with Crippen molar-refractivity contribution in [2.24, 2.45) is 0 Å². The smallest absolute Gasteiger partial charge is 0.228 e. The van der Waals surface area contributed by atoms with Crippen LogP contribution in [0.1, 0.15) is 12.5 Å². The fraction of sp³-hybridized carbons (Fsp3) is 0.188. The van der Waals surface area contributed by atoms with Crippen LogP contribution in [0.5, 0.6) is 17.2 Å². The maximum atomic E-state index is 12.0. The van der Waals surface area contributed by atoms with Crippen molar-refractivity contribution < 1.29 is 19.7 Å². The lowest BCUT2D eigenvalue weighted by Crippen LogP contribution is -2.15. The molecule has 0 saturated carbocycles. The van der Waals surface area contributed by atoms with E-state index in [-0.39, 0.29) is 23.8 Å². The molecule has 3 N–H and O–H groups in total. The van der Waals surface area contributed by atoms with Crippen LogP contribution in [0, 0.1) is 0 Å². The van der Waals surface area contributed by atoms with Crippen molar-refractivity contribution in [2.45, 2.75) is 13.3 Å². The molecule has 0 atom stereocenters. The third kappa shape index (κ3) is 3.89. The van der Waals surface area contributed by atoms with Crippen molar-refractivity contribution in [1.29, 1.82) is 0 Å². The van der Waals surface area contributed by atoms with Gasteiger partial charge in [0.1, 0.15) is 5.75 Å². The number of hydrogen-bond acceptors (Lipinski definition) is 4. The number of benzene rings is 2. The van der Waals surface area contributed by atoms with Crippen LogP contribution in [-0.4, -0.2) is 22.7 Å². The van der Waals surface area contributed by atoms with Gasteiger partial charge in [-0.15, -0.1) is 0 Å². The highest BCUT2D eigenvalue weighted by Gasteiger charge is 2.09. The molecule has 0 heterocycles. The van der Waals surface area contributed by atoms with Crippen molar-refractivity contribution in [3.05, 3.63) is 48.0 Å². The number of carbonyl (C=O) groups excluding carboxylic acids is 1. The minimum atomic E-state index is -0.241. The number of carbonyl (C=O) groups is 1. The highest BCUT2D eigenvalue weighted by atomic mass is 16.5. The van der Waals surface area contributed by atoms with E-state index in [0.29, 0.717) is 23.6 Å². The van der Waals surface area contributed by atoms with Gasteiger partial charge < -0.3 is 20.3 Å². The summed E-state index contributed by atoms with van der Waals surface area (Å²) in [5.74, 6) is -0.0648. The zero-order valence-electron chi connectivity index (χ0n) is 11.7. The molecule has 110 valence electrons. The molecule has 2 aromatic carbocycles. The van der Waals surface area contributed by atoms with Crippen LogP contribution in [0.3, 0.4) is 0 Å². The molecule has 2 rings (SSSR count). The van der Waals surface area contributed by atoms with Gasteiger partial charge >= 0.3 is 0 Å². The van der Waals surface area contributed by atoms with Crippen LogP contribution in [0.2, 0.25) is 0 Å². The van der Waals surface area contributed by atoms with E-state index in [1.54, 1.807) is 18.2 Å². The Kier molecular flexibility index (Phi) is 4.66. The molecule has 0 bridgehead atoms. The highest BCUT2D eigenvalue weighted by Crippen LogP contribution is 2.26. The molecular weight excluding hydrogens is 270 g/mol. The SMILES string of the molecule is CCOc1ccccc1NC(=O)Cc1ccc(O)c(O)c1. The number of ether oxygens (including phenoxy) is 1. The maximum absolute atomic E-state index is 12.0. The van der Waals surface area contributed by atoms with Crippen LogP contribution >= 0.6 is 0 Å². The molecule has 0 aliphatic heterocycles. The van der Waals surface area contributed by atoms with Gasteiger partial charge in [-0.25, -0.2) is 0 Å². The first-order valence-corrected chi connectivity index (χ1v) is 6.62. The van der Waals surface area contributed by atoms with Gasteiger partial charge in [-0.2, -0.15) is 0 Å². The molecule has 0 saturated heterocycles. The third-order valence-electron chi connectivity index (χ3n) is 2.87. The van der Waals surface area contributed by atoms with Gasteiger partial charge in [0, 0.05) is 0 Å². The molecule has 0 unspecified atom stereocenters. The van der Waals surface area contributed by atoms with Gasteiger partial charge in [0.25, 0.3) is 0 Å². The van der Waals surface area contributed by atoms with Gasteiger partial charge in [-0.05, 0) is 36.8 Å². The Labute approximate surface area is 122 Å². The molecule has 2 aromatic rings. The number of aromatic hydroxyl groups is 2. The summed E-state index contributed by atoms with van der Waals surface area (Å²) in [5.41, 5.74) is 1.21. The largest absolute Gasteiger partial charge is 0.504 e. The number of phenolic OH excluding ortho intramolecular Hbond substituents is 2. The predicted octanol–water partition coefficient (Wildman–Crippen LogP) is 2.68. The second-order valence-electron chi connectivity index (χ2n) is 4.48. The summed E-state index contributed by atoms with van der Waals surface area (Å²) in [6.07, 6.45) is 0.0916. The number of nitrogens with one attached hydrogen (secondary N) is 1. The first-order chi connectivity index (χ1) is 10.1. The molecular formula is C16H17NO4. The zero-order chi connectivity index (χ0) is 15.2. The summed E-state index contributed by atoms with van der Waals surface area (Å²) in [6.45, 7) is 2.39. The normalized spacial score (nSPS) is 10.1. The fourth-order valence-electron chi connectivity index (χ4n) is 1.91. The molecule has 0 spiro atoms. The minimum Gasteiger partial charge on any atom is -0.504 e. The van der Waals surface area contributed by atoms with Crippen LogP contribution < -0.4 is 10.1 Å². The van der Waals surface area contributed by atoms with Crippen LogP contribution in [-0.2, 0) is 11.2 Å². The molecule has 0 radical (unpaired) electrons. The van der Waals surface area contributed by atoms with Gasteiger partial charge in [-0.3, -0.25) is 4.79 Å². The maximum Gasteiger partial charge on any atom is 0.228 e. The number of phenols is 2. The van der Waals surface area contributed by atoms with Crippen molar-refractivity contribution >= 4 is 11.6 Å². The zero-order valence-corrected chi connectivity index (χ0v) is 11.7. The first-order valence-electron chi connectivity index (χ1n) is 6.62. The van der Waals surface area contributed by atoms with Crippen molar-refractivity contribution in [2.75, 3.05) is 11.9 Å². The van der Waals surface area contributed by atoms with E-state index in [1.165, 1.54) is 12.1 Å². The third-order valence-corrected chi connectivity index (χ3v) is 2.87. The van der Waals surface area contributed by atoms with Crippen molar-refractivity contribution in [3.63, 3.8) is 0 Å². The van der Waals surface area contributed by atoms with Crippen molar-refractivity contribution in [1.82, 2.24) is 0 Å². The Balaban J connectivity index is 2.06. The second-order valence-corrected chi connectivity index (χ2v) is 4.48. The van der Waals surface area contributed by atoms with Gasteiger partial charge in [-0.1, -0.05) is 18.2 Å². The number of anilines is 1. The summed E-state index contributed by atoms with van der Waals surface area (Å²) in [6, 6.07) is 11.5. The number of amides is 1. The lowest BCUT2D eigenvalue weighted by Gasteiger charge is -2.11. The summed E-state index contributed by atoms with van der Waals surface area (Å²) in [5, 5.41) is 21.4. The number of hydrogen-bond donors (Lipinski definition) is 3. The van der Waals surface area contributed by atoms with E-state index in [0.717, 1.165) is 0 Å². The predicted molar refractivity (Wildman–Crippen MR) is 79.7 cm³/mol. The Morgan fingerprint density at radius 1 is 1.14 bits per heavy atom. The Morgan fingerprint density at radius 2 is 1.90 bits per heavy atom. The standard InChI is InChI=1S/C16H17NO4/c1-2-21-15-6-4-3-5-12(15)17-16(20)10-11-7-8-13(18)14(19)9-11/h3-9,18-19H,2,10H2,1H3,(H,17,20). The number of rotatable bonds is 5. The lowest BCUT2D eigenvalue weighted by molar-refractivity contribution is -0.115. The fourth-order valence-corrected chi connectivity index (χ4v) is 1.91. The molecule has 21 heavy (non-hydrogen) atoms. The molecule has 0 aliphatic rings. The van der Waals surface area contributed by atoms with Crippen LogP contribution in [0.15, 0.2) is 42.5 Å². The summed E-state index contributed by atoms with van der Waals surface area (Å²) in [7, 11) is 0. The molecule has 1 amide bonds. The van der Waals surface area contributed by atoms with Crippen molar-refractivity contribution in [3.8, 4) is 17.2 Å². The summed E-state index contributed by atoms with van der Waals surface area (Å²) in [4.78, 5) is 12.0. The molecule has 0 fully saturated rings. The quantitative estimate of drug-likeness (QED) is 0.739. The van der Waals surface area contributed by atoms with E-state index in [4.69, 9.17) is 4.74 Å². The average molecular weight is 287 g/mol. The topological polar surface area (TPSA) is 78.8 Å². The molecule has 0 aromatic heterocycles.